The Labute approximate surface area is 164 Å². The van der Waals surface area contributed by atoms with E-state index in [4.69, 9.17) is 14.2 Å². The maximum atomic E-state index is 12.4. The molecule has 0 spiro atoms. The van der Waals surface area contributed by atoms with E-state index >= 15 is 0 Å². The van der Waals surface area contributed by atoms with Gasteiger partial charge in [0.1, 0.15) is 0 Å². The maximum absolute atomic E-state index is 12.4. The van der Waals surface area contributed by atoms with Gasteiger partial charge in [-0.2, -0.15) is 0 Å². The molecule has 3 unspecified atom stereocenters. The van der Waals surface area contributed by atoms with E-state index < -0.39 is 24.0 Å². The van der Waals surface area contributed by atoms with E-state index in [1.165, 1.54) is 7.11 Å². The van der Waals surface area contributed by atoms with Crippen LogP contribution in [0.1, 0.15) is 19.4 Å². The van der Waals surface area contributed by atoms with Gasteiger partial charge in [0, 0.05) is 17.8 Å². The third kappa shape index (κ3) is 4.10. The molecule has 3 rings (SSSR count). The van der Waals surface area contributed by atoms with Crippen LogP contribution in [0.4, 0.5) is 0 Å². The lowest BCUT2D eigenvalue weighted by molar-refractivity contribution is -0.155. The second-order valence-corrected chi connectivity index (χ2v) is 7.00. The topological polar surface area (TPSA) is 94.1 Å². The molecule has 1 aromatic rings. The summed E-state index contributed by atoms with van der Waals surface area (Å²) in [7, 11) is 1.28. The number of hydrogen-bond donors (Lipinski definition) is 2. The zero-order valence-corrected chi connectivity index (χ0v) is 16.2. The molecule has 0 aromatic heterocycles. The fourth-order valence-electron chi connectivity index (χ4n) is 3.88. The van der Waals surface area contributed by atoms with Crippen molar-refractivity contribution in [2.24, 2.45) is 5.92 Å². The Balaban J connectivity index is 1.90. The number of carboxylic acid groups (broad SMARTS) is 1. The second-order valence-electron chi connectivity index (χ2n) is 7.00. The van der Waals surface area contributed by atoms with Gasteiger partial charge in [0.25, 0.3) is 0 Å². The molecule has 2 aliphatic rings. The van der Waals surface area contributed by atoms with Gasteiger partial charge in [-0.15, -0.1) is 0 Å². The second kappa shape index (κ2) is 8.58. The molecule has 1 saturated heterocycles. The molecular formula is C21H25NO6. The lowest BCUT2D eigenvalue weighted by atomic mass is 9.81. The smallest absolute Gasteiger partial charge is 0.336 e. The number of ether oxygens (including phenoxy) is 3. The summed E-state index contributed by atoms with van der Waals surface area (Å²) in [5, 5.41) is 12.8. The van der Waals surface area contributed by atoms with Gasteiger partial charge in [0.2, 0.25) is 0 Å². The fraction of sp³-hybridized carbons (Fsp3) is 0.429. The number of dihydropyridines is 1. The van der Waals surface area contributed by atoms with Crippen molar-refractivity contribution in [3.8, 4) is 0 Å². The van der Waals surface area contributed by atoms with Crippen molar-refractivity contribution in [2.75, 3.05) is 20.3 Å². The van der Waals surface area contributed by atoms with Crippen LogP contribution in [0, 0.1) is 5.92 Å². The van der Waals surface area contributed by atoms with Gasteiger partial charge >= 0.3 is 11.9 Å². The van der Waals surface area contributed by atoms with Crippen LogP contribution in [0.2, 0.25) is 0 Å². The van der Waals surface area contributed by atoms with Gasteiger partial charge in [-0.25, -0.2) is 9.59 Å². The van der Waals surface area contributed by atoms with Crippen LogP contribution in [-0.2, 0) is 30.2 Å². The van der Waals surface area contributed by atoms with Crippen molar-refractivity contribution >= 4 is 11.9 Å². The highest BCUT2D eigenvalue weighted by Crippen LogP contribution is 2.36. The van der Waals surface area contributed by atoms with Crippen molar-refractivity contribution in [3.63, 3.8) is 0 Å². The first-order valence-corrected chi connectivity index (χ1v) is 9.19. The third-order valence-corrected chi connectivity index (χ3v) is 5.07. The van der Waals surface area contributed by atoms with Crippen LogP contribution in [-0.4, -0.2) is 49.6 Å². The quantitative estimate of drug-likeness (QED) is 0.747. The Morgan fingerprint density at radius 3 is 2.46 bits per heavy atom. The fourth-order valence-corrected chi connectivity index (χ4v) is 3.88. The highest BCUT2D eigenvalue weighted by Gasteiger charge is 2.43. The van der Waals surface area contributed by atoms with E-state index in [2.05, 4.69) is 5.32 Å². The summed E-state index contributed by atoms with van der Waals surface area (Å²) < 4.78 is 16.9. The lowest BCUT2D eigenvalue weighted by Crippen LogP contribution is -2.47. The largest absolute Gasteiger partial charge is 0.478 e. The molecule has 1 aromatic carbocycles. The van der Waals surface area contributed by atoms with Gasteiger partial charge in [-0.1, -0.05) is 30.3 Å². The molecule has 0 bridgehead atoms. The summed E-state index contributed by atoms with van der Waals surface area (Å²) in [5.41, 5.74) is 2.51. The Morgan fingerprint density at radius 1 is 1.14 bits per heavy atom. The highest BCUT2D eigenvalue weighted by molar-refractivity contribution is 5.97. The number of carbonyl (C=O) groups is 2. The molecule has 0 amide bonds. The number of esters is 1. The number of rotatable bonds is 5. The first-order chi connectivity index (χ1) is 13.4. The molecule has 0 saturated carbocycles. The van der Waals surface area contributed by atoms with Crippen LogP contribution < -0.4 is 5.32 Å². The summed E-state index contributed by atoms with van der Waals surface area (Å²) in [6.07, 6.45) is -0.191. The Morgan fingerprint density at radius 2 is 1.82 bits per heavy atom. The minimum atomic E-state index is -1.10. The van der Waals surface area contributed by atoms with E-state index in [9.17, 15) is 14.7 Å². The van der Waals surface area contributed by atoms with Gasteiger partial charge in [-0.05, 0) is 19.4 Å². The van der Waals surface area contributed by atoms with Gasteiger partial charge in [0.05, 0.1) is 49.6 Å². The number of hydrogen-bond acceptors (Lipinski definition) is 6. The van der Waals surface area contributed by atoms with Crippen LogP contribution in [0.5, 0.6) is 0 Å². The SMILES string of the molecule is COC(=O)C1=C(C)NC(C)=C(C(=O)O)C1C1COCC(Cc2ccccc2)O1. The standard InChI is InChI=1S/C21H25NO6/c1-12-17(20(23)24)19(18(13(2)22-12)21(25)26-3)16-11-27-10-15(28-16)9-14-7-5-4-6-8-14/h4-8,15-16,19,22H,9-11H2,1-3H3,(H,23,24). The van der Waals surface area contributed by atoms with Crippen molar-refractivity contribution in [1.29, 1.82) is 0 Å². The average Bonchev–Trinajstić information content (AvgIpc) is 2.67. The van der Waals surface area contributed by atoms with Crippen molar-refractivity contribution < 1.29 is 28.9 Å². The van der Waals surface area contributed by atoms with Crippen molar-refractivity contribution in [2.45, 2.75) is 32.5 Å². The lowest BCUT2D eigenvalue weighted by Gasteiger charge is -2.38. The number of carboxylic acids is 1. The Kier molecular flexibility index (Phi) is 6.16. The van der Waals surface area contributed by atoms with E-state index in [0.29, 0.717) is 24.4 Å². The molecule has 0 radical (unpaired) electrons. The third-order valence-electron chi connectivity index (χ3n) is 5.07. The monoisotopic (exact) mass is 387 g/mol. The normalized spacial score (nSPS) is 25.3. The number of aliphatic carboxylic acids is 1. The number of nitrogens with one attached hydrogen (secondary N) is 1. The summed E-state index contributed by atoms with van der Waals surface area (Å²) in [4.78, 5) is 24.4. The molecule has 3 atom stereocenters. The van der Waals surface area contributed by atoms with Crippen molar-refractivity contribution in [3.05, 3.63) is 58.4 Å². The van der Waals surface area contributed by atoms with Gasteiger partial charge < -0.3 is 24.6 Å². The first kappa shape index (κ1) is 20.1. The van der Waals surface area contributed by atoms with E-state index in [-0.39, 0.29) is 23.9 Å². The molecule has 7 heteroatoms. The average molecular weight is 387 g/mol. The van der Waals surface area contributed by atoms with E-state index in [1.54, 1.807) is 13.8 Å². The predicted molar refractivity (Wildman–Crippen MR) is 101 cm³/mol. The summed E-state index contributed by atoms with van der Waals surface area (Å²) in [6.45, 7) is 4.02. The summed E-state index contributed by atoms with van der Waals surface area (Å²) in [5.74, 6) is -2.45. The van der Waals surface area contributed by atoms with Crippen molar-refractivity contribution in [1.82, 2.24) is 5.32 Å². The minimum Gasteiger partial charge on any atom is -0.478 e. The van der Waals surface area contributed by atoms with Crippen LogP contribution in [0.25, 0.3) is 0 Å². The van der Waals surface area contributed by atoms with Crippen LogP contribution >= 0.6 is 0 Å². The molecule has 150 valence electrons. The van der Waals surface area contributed by atoms with E-state index in [0.717, 1.165) is 5.56 Å². The Hall–Kier alpha value is -2.64. The molecule has 0 aliphatic carbocycles. The number of methoxy groups -OCH3 is 1. The predicted octanol–water partition coefficient (Wildman–Crippen LogP) is 2.04. The first-order valence-electron chi connectivity index (χ1n) is 9.19. The zero-order valence-electron chi connectivity index (χ0n) is 16.2. The molecule has 2 N–H and O–H groups in total. The molecular weight excluding hydrogens is 362 g/mol. The maximum Gasteiger partial charge on any atom is 0.336 e. The molecule has 28 heavy (non-hydrogen) atoms. The molecule has 7 nitrogen and oxygen atoms in total. The molecule has 2 aliphatic heterocycles. The molecule has 2 heterocycles. The number of benzene rings is 1. The minimum absolute atomic E-state index is 0.0972. The zero-order chi connectivity index (χ0) is 20.3. The van der Waals surface area contributed by atoms with Crippen LogP contribution in [0.3, 0.4) is 0 Å². The summed E-state index contributed by atoms with van der Waals surface area (Å²) in [6, 6.07) is 9.88. The number of carbonyl (C=O) groups excluding carboxylic acids is 1. The molecule has 1 fully saturated rings. The highest BCUT2D eigenvalue weighted by atomic mass is 16.6. The van der Waals surface area contributed by atoms with Gasteiger partial charge in [-0.3, -0.25) is 0 Å². The van der Waals surface area contributed by atoms with E-state index in [1.807, 2.05) is 30.3 Å². The van der Waals surface area contributed by atoms with Gasteiger partial charge in [0.15, 0.2) is 0 Å². The Bertz CT molecular complexity index is 813. The van der Waals surface area contributed by atoms with Crippen LogP contribution in [0.15, 0.2) is 52.9 Å². The number of allylic oxidation sites excluding steroid dienone is 2. The summed E-state index contributed by atoms with van der Waals surface area (Å²) >= 11 is 0.